The van der Waals surface area contributed by atoms with Crippen LogP contribution in [0.4, 0.5) is 0 Å². The molecule has 2 aromatic carbocycles. The minimum atomic E-state index is 0.331. The SMILES string of the molecule is Oc1ccc(CN2CCN(Cc3ccc(ON4CCNCC4)cc3)CC2)cc1. The second-order valence-electron chi connectivity index (χ2n) is 7.63. The predicted molar refractivity (Wildman–Crippen MR) is 110 cm³/mol. The number of hydrogen-bond donors (Lipinski definition) is 2. The highest BCUT2D eigenvalue weighted by Gasteiger charge is 2.17. The van der Waals surface area contributed by atoms with Crippen LogP contribution in [0.2, 0.25) is 0 Å². The summed E-state index contributed by atoms with van der Waals surface area (Å²) in [5, 5.41) is 14.8. The Balaban J connectivity index is 1.21. The lowest BCUT2D eigenvalue weighted by Gasteiger charge is -2.34. The molecule has 0 aliphatic carbocycles. The summed E-state index contributed by atoms with van der Waals surface area (Å²) in [5.41, 5.74) is 2.59. The van der Waals surface area contributed by atoms with Gasteiger partial charge in [-0.15, -0.1) is 5.06 Å². The van der Waals surface area contributed by atoms with Crippen LogP contribution in [-0.4, -0.2) is 72.3 Å². The lowest BCUT2D eigenvalue weighted by atomic mass is 10.1. The highest BCUT2D eigenvalue weighted by Crippen LogP contribution is 2.17. The number of nitrogens with one attached hydrogen (secondary N) is 1. The maximum absolute atomic E-state index is 9.40. The van der Waals surface area contributed by atoms with Gasteiger partial charge in [0.05, 0.1) is 0 Å². The van der Waals surface area contributed by atoms with Crippen LogP contribution in [0.3, 0.4) is 0 Å². The van der Waals surface area contributed by atoms with Gasteiger partial charge in [0.25, 0.3) is 0 Å². The molecule has 0 radical (unpaired) electrons. The van der Waals surface area contributed by atoms with E-state index in [4.69, 9.17) is 4.84 Å². The molecular weight excluding hydrogens is 352 g/mol. The number of aromatic hydroxyl groups is 1. The fourth-order valence-corrected chi connectivity index (χ4v) is 3.76. The van der Waals surface area contributed by atoms with E-state index in [2.05, 4.69) is 39.4 Å². The van der Waals surface area contributed by atoms with Crippen LogP contribution in [0.15, 0.2) is 48.5 Å². The van der Waals surface area contributed by atoms with Crippen LogP contribution >= 0.6 is 0 Å². The van der Waals surface area contributed by atoms with Crippen LogP contribution < -0.4 is 10.2 Å². The van der Waals surface area contributed by atoms with Gasteiger partial charge in [0.1, 0.15) is 11.5 Å². The third-order valence-corrected chi connectivity index (χ3v) is 5.45. The number of benzene rings is 2. The largest absolute Gasteiger partial charge is 0.508 e. The highest BCUT2D eigenvalue weighted by molar-refractivity contribution is 5.27. The molecular formula is C22H30N4O2. The zero-order chi connectivity index (χ0) is 19.2. The second-order valence-corrected chi connectivity index (χ2v) is 7.63. The van der Waals surface area contributed by atoms with Crippen LogP contribution in [0.1, 0.15) is 11.1 Å². The molecule has 28 heavy (non-hydrogen) atoms. The lowest BCUT2D eigenvalue weighted by molar-refractivity contribution is -0.0664. The number of phenols is 1. The fraction of sp³-hybridized carbons (Fsp3) is 0.455. The van der Waals surface area contributed by atoms with Gasteiger partial charge in [-0.05, 0) is 35.4 Å². The first-order chi connectivity index (χ1) is 13.7. The van der Waals surface area contributed by atoms with E-state index in [0.717, 1.165) is 71.2 Å². The third kappa shape index (κ3) is 5.45. The average Bonchev–Trinajstić information content (AvgIpc) is 2.73. The molecule has 0 amide bonds. The van der Waals surface area contributed by atoms with Gasteiger partial charge in [-0.3, -0.25) is 9.80 Å². The Bertz CT molecular complexity index is 721. The standard InChI is InChI=1S/C22H30N4O2/c27-21-5-1-19(2-6-21)17-24-13-15-25(16-14-24)18-20-3-7-22(8-4-20)28-26-11-9-23-10-12-26/h1-8,23,27H,9-18H2. The summed E-state index contributed by atoms with van der Waals surface area (Å²) in [6, 6.07) is 16.1. The van der Waals surface area contributed by atoms with Gasteiger partial charge in [-0.2, -0.15) is 0 Å². The van der Waals surface area contributed by atoms with Crippen molar-refractivity contribution in [3.05, 3.63) is 59.7 Å². The Hall–Kier alpha value is -2.12. The molecule has 0 bridgehead atoms. The molecule has 0 spiro atoms. The first kappa shape index (κ1) is 19.2. The zero-order valence-electron chi connectivity index (χ0n) is 16.4. The van der Waals surface area contributed by atoms with E-state index < -0.39 is 0 Å². The predicted octanol–water partition coefficient (Wildman–Crippen LogP) is 1.91. The van der Waals surface area contributed by atoms with Crippen molar-refractivity contribution >= 4 is 0 Å². The van der Waals surface area contributed by atoms with Crippen molar-refractivity contribution in [3.8, 4) is 11.5 Å². The first-order valence-corrected chi connectivity index (χ1v) is 10.2. The monoisotopic (exact) mass is 382 g/mol. The molecule has 4 rings (SSSR count). The average molecular weight is 383 g/mol. The summed E-state index contributed by atoms with van der Waals surface area (Å²) >= 11 is 0. The van der Waals surface area contributed by atoms with Gasteiger partial charge in [-0.25, -0.2) is 0 Å². The summed E-state index contributed by atoms with van der Waals surface area (Å²) in [6.45, 7) is 10.1. The summed E-state index contributed by atoms with van der Waals surface area (Å²) < 4.78 is 0. The Kier molecular flexibility index (Phi) is 6.44. The van der Waals surface area contributed by atoms with Gasteiger partial charge in [0.2, 0.25) is 0 Å². The molecule has 0 atom stereocenters. The molecule has 2 aliphatic rings. The maximum Gasteiger partial charge on any atom is 0.147 e. The zero-order valence-corrected chi connectivity index (χ0v) is 16.4. The van der Waals surface area contributed by atoms with E-state index in [1.54, 1.807) is 12.1 Å². The maximum atomic E-state index is 9.40. The first-order valence-electron chi connectivity index (χ1n) is 10.2. The fourth-order valence-electron chi connectivity index (χ4n) is 3.76. The van der Waals surface area contributed by atoms with Gasteiger partial charge < -0.3 is 15.3 Å². The normalized spacial score (nSPS) is 19.6. The van der Waals surface area contributed by atoms with Gasteiger partial charge in [0.15, 0.2) is 0 Å². The van der Waals surface area contributed by atoms with Crippen LogP contribution in [-0.2, 0) is 13.1 Å². The quantitative estimate of drug-likeness (QED) is 0.796. The number of nitrogens with zero attached hydrogens (tertiary/aromatic N) is 3. The summed E-state index contributed by atoms with van der Waals surface area (Å²) in [7, 11) is 0. The lowest BCUT2D eigenvalue weighted by Crippen LogP contribution is -2.45. The van der Waals surface area contributed by atoms with E-state index >= 15 is 0 Å². The van der Waals surface area contributed by atoms with Gasteiger partial charge >= 0.3 is 0 Å². The van der Waals surface area contributed by atoms with Crippen molar-refractivity contribution in [1.29, 1.82) is 0 Å². The van der Waals surface area contributed by atoms with E-state index in [-0.39, 0.29) is 0 Å². The number of phenolic OH excluding ortho intramolecular Hbond substituents is 1. The third-order valence-electron chi connectivity index (χ3n) is 5.45. The molecule has 6 heteroatoms. The number of piperazine rings is 2. The van der Waals surface area contributed by atoms with Crippen molar-refractivity contribution in [2.24, 2.45) is 0 Å². The summed E-state index contributed by atoms with van der Waals surface area (Å²) in [5.74, 6) is 1.25. The minimum absolute atomic E-state index is 0.331. The molecule has 150 valence electrons. The highest BCUT2D eigenvalue weighted by atomic mass is 16.7. The Labute approximate surface area is 167 Å². The van der Waals surface area contributed by atoms with Crippen LogP contribution in [0, 0.1) is 0 Å². The van der Waals surface area contributed by atoms with E-state index in [1.165, 1.54) is 11.1 Å². The number of hydroxylamine groups is 2. The van der Waals surface area contributed by atoms with Crippen molar-refractivity contribution in [2.45, 2.75) is 13.1 Å². The Morgan fingerprint density at radius 1 is 0.714 bits per heavy atom. The molecule has 6 nitrogen and oxygen atoms in total. The Morgan fingerprint density at radius 2 is 1.21 bits per heavy atom. The molecule has 2 aliphatic heterocycles. The van der Waals surface area contributed by atoms with Crippen molar-refractivity contribution in [3.63, 3.8) is 0 Å². The van der Waals surface area contributed by atoms with Gasteiger partial charge in [-0.1, -0.05) is 24.3 Å². The van der Waals surface area contributed by atoms with E-state index in [9.17, 15) is 5.11 Å². The van der Waals surface area contributed by atoms with Crippen LogP contribution in [0.5, 0.6) is 11.5 Å². The molecule has 0 saturated carbocycles. The molecule has 0 unspecified atom stereocenters. The minimum Gasteiger partial charge on any atom is -0.508 e. The van der Waals surface area contributed by atoms with Gasteiger partial charge in [0, 0.05) is 65.4 Å². The molecule has 2 saturated heterocycles. The van der Waals surface area contributed by atoms with Crippen molar-refractivity contribution in [2.75, 3.05) is 52.4 Å². The summed E-state index contributed by atoms with van der Waals surface area (Å²) in [4.78, 5) is 10.9. The van der Waals surface area contributed by atoms with E-state index in [1.807, 2.05) is 17.2 Å². The summed E-state index contributed by atoms with van der Waals surface area (Å²) in [6.07, 6.45) is 0. The second kappa shape index (κ2) is 9.39. The Morgan fingerprint density at radius 3 is 1.75 bits per heavy atom. The smallest absolute Gasteiger partial charge is 0.147 e. The molecule has 2 aromatic rings. The molecule has 2 N–H and O–H groups in total. The van der Waals surface area contributed by atoms with Crippen molar-refractivity contribution in [1.82, 2.24) is 20.2 Å². The topological polar surface area (TPSA) is 51.2 Å². The molecule has 2 heterocycles. The van der Waals surface area contributed by atoms with E-state index in [0.29, 0.717) is 5.75 Å². The molecule has 0 aromatic heterocycles. The number of hydrogen-bond acceptors (Lipinski definition) is 6. The number of rotatable bonds is 6. The molecule has 2 fully saturated rings. The van der Waals surface area contributed by atoms with Crippen LogP contribution in [0.25, 0.3) is 0 Å². The van der Waals surface area contributed by atoms with Crippen molar-refractivity contribution < 1.29 is 9.94 Å².